The molecular weight excluding hydrogens is 246 g/mol. The van der Waals surface area contributed by atoms with Crippen molar-refractivity contribution in [3.8, 4) is 0 Å². The molecule has 2 nitrogen and oxygen atoms in total. The second kappa shape index (κ2) is 5.59. The lowest BCUT2D eigenvalue weighted by Gasteiger charge is -2.13. The fourth-order valence-electron chi connectivity index (χ4n) is 2.84. The van der Waals surface area contributed by atoms with Gasteiger partial charge in [-0.1, -0.05) is 54.1 Å². The highest BCUT2D eigenvalue weighted by molar-refractivity contribution is 5.79. The van der Waals surface area contributed by atoms with Gasteiger partial charge >= 0.3 is 0 Å². The molecule has 2 atom stereocenters. The highest BCUT2D eigenvalue weighted by Gasteiger charge is 2.30. The first-order valence-electron chi connectivity index (χ1n) is 7.06. The fraction of sp³-hybridized carbons (Fsp3) is 0.278. The van der Waals surface area contributed by atoms with E-state index in [0.717, 1.165) is 12.0 Å². The van der Waals surface area contributed by atoms with E-state index in [1.807, 2.05) is 12.3 Å². The molecule has 0 amide bonds. The van der Waals surface area contributed by atoms with Crippen molar-refractivity contribution in [1.29, 1.82) is 0 Å². The van der Waals surface area contributed by atoms with Crippen LogP contribution in [0.3, 0.4) is 0 Å². The van der Waals surface area contributed by atoms with Crippen LogP contribution in [0.4, 0.5) is 0 Å². The minimum absolute atomic E-state index is 0.0810. The van der Waals surface area contributed by atoms with Gasteiger partial charge in [0.1, 0.15) is 0 Å². The van der Waals surface area contributed by atoms with Crippen LogP contribution in [0.2, 0.25) is 0 Å². The summed E-state index contributed by atoms with van der Waals surface area (Å²) in [6, 6.07) is 16.8. The summed E-state index contributed by atoms with van der Waals surface area (Å²) in [5.74, 6) is 0.203. The first-order valence-corrected chi connectivity index (χ1v) is 7.06. The predicted octanol–water partition coefficient (Wildman–Crippen LogP) is 3.32. The molecule has 0 unspecified atom stereocenters. The molecule has 1 aliphatic carbocycles. The smallest absolute Gasteiger partial charge is 0.0805 e. The maximum Gasteiger partial charge on any atom is 0.0805 e. The van der Waals surface area contributed by atoms with Gasteiger partial charge in [-0.05, 0) is 30.0 Å². The maximum absolute atomic E-state index is 9.57. The molecular formula is C18H19NO. The van der Waals surface area contributed by atoms with Gasteiger partial charge in [-0.2, -0.15) is 0 Å². The first-order chi connectivity index (χ1) is 9.78. The first kappa shape index (κ1) is 13.1. The summed E-state index contributed by atoms with van der Waals surface area (Å²) in [5, 5.41) is 9.57. The van der Waals surface area contributed by atoms with Gasteiger partial charge in [-0.25, -0.2) is 0 Å². The number of nitrogens with zero attached hydrogens (tertiary/aromatic N) is 1. The molecule has 0 bridgehead atoms. The fourth-order valence-corrected chi connectivity index (χ4v) is 2.84. The molecule has 2 heteroatoms. The molecule has 0 radical (unpaired) electrons. The Balaban J connectivity index is 1.86. The minimum Gasteiger partial charge on any atom is -0.396 e. The Morgan fingerprint density at radius 2 is 1.90 bits per heavy atom. The standard InChI is InChI=1S/C18H19NO/c1-13-6-8-14(9-7-13)11-19-18-16(12-20)10-15-4-2-3-5-17(15)18/h2-9,11,16,18,20H,10,12H2,1H3/t16-,18+/m1/s1. The molecule has 3 rings (SSSR count). The summed E-state index contributed by atoms with van der Waals surface area (Å²) in [7, 11) is 0. The molecule has 0 spiro atoms. The van der Waals surface area contributed by atoms with Gasteiger partial charge < -0.3 is 5.11 Å². The monoisotopic (exact) mass is 265 g/mol. The lowest BCUT2D eigenvalue weighted by atomic mass is 10.0. The Hall–Kier alpha value is -1.93. The summed E-state index contributed by atoms with van der Waals surface area (Å²) in [6.45, 7) is 2.26. The van der Waals surface area contributed by atoms with Crippen molar-refractivity contribution >= 4 is 6.21 Å². The Labute approximate surface area is 119 Å². The van der Waals surface area contributed by atoms with Crippen LogP contribution < -0.4 is 0 Å². The van der Waals surface area contributed by atoms with Crippen molar-refractivity contribution in [3.05, 3.63) is 70.8 Å². The van der Waals surface area contributed by atoms with Crippen molar-refractivity contribution in [2.24, 2.45) is 10.9 Å². The van der Waals surface area contributed by atoms with Crippen LogP contribution in [0.5, 0.6) is 0 Å². The Kier molecular flexibility index (Phi) is 3.66. The van der Waals surface area contributed by atoms with Crippen molar-refractivity contribution in [1.82, 2.24) is 0 Å². The van der Waals surface area contributed by atoms with Crippen LogP contribution in [-0.4, -0.2) is 17.9 Å². The quantitative estimate of drug-likeness (QED) is 0.848. The van der Waals surface area contributed by atoms with Crippen LogP contribution in [0, 0.1) is 12.8 Å². The molecule has 2 aromatic rings. The van der Waals surface area contributed by atoms with E-state index >= 15 is 0 Å². The summed E-state index contributed by atoms with van der Waals surface area (Å²) < 4.78 is 0. The molecule has 0 fully saturated rings. The van der Waals surface area contributed by atoms with Crippen LogP contribution in [0.1, 0.15) is 28.3 Å². The Bertz CT molecular complexity index is 616. The third-order valence-electron chi connectivity index (χ3n) is 4.00. The van der Waals surface area contributed by atoms with Crippen molar-refractivity contribution < 1.29 is 5.11 Å². The topological polar surface area (TPSA) is 32.6 Å². The van der Waals surface area contributed by atoms with E-state index in [1.54, 1.807) is 0 Å². The highest BCUT2D eigenvalue weighted by atomic mass is 16.3. The Morgan fingerprint density at radius 3 is 2.65 bits per heavy atom. The average Bonchev–Trinajstić information content (AvgIpc) is 2.84. The van der Waals surface area contributed by atoms with Gasteiger partial charge in [0, 0.05) is 18.7 Å². The highest BCUT2D eigenvalue weighted by Crippen LogP contribution is 2.38. The normalized spacial score (nSPS) is 21.3. The van der Waals surface area contributed by atoms with E-state index < -0.39 is 0 Å². The number of benzene rings is 2. The third-order valence-corrected chi connectivity index (χ3v) is 4.00. The van der Waals surface area contributed by atoms with Crippen LogP contribution in [0.25, 0.3) is 0 Å². The summed E-state index contributed by atoms with van der Waals surface area (Å²) in [6.07, 6.45) is 2.84. The molecule has 0 aliphatic heterocycles. The van der Waals surface area contributed by atoms with Crippen LogP contribution >= 0.6 is 0 Å². The van der Waals surface area contributed by atoms with E-state index in [0.29, 0.717) is 0 Å². The van der Waals surface area contributed by atoms with Gasteiger partial charge in [-0.3, -0.25) is 4.99 Å². The summed E-state index contributed by atoms with van der Waals surface area (Å²) in [4.78, 5) is 4.73. The zero-order valence-electron chi connectivity index (χ0n) is 11.7. The number of aliphatic hydroxyl groups is 1. The second-order valence-electron chi connectivity index (χ2n) is 5.48. The molecule has 1 N–H and O–H groups in total. The molecule has 1 aliphatic rings. The van der Waals surface area contributed by atoms with E-state index in [4.69, 9.17) is 4.99 Å². The third kappa shape index (κ3) is 2.52. The number of aryl methyl sites for hydroxylation is 1. The largest absolute Gasteiger partial charge is 0.396 e. The number of fused-ring (bicyclic) bond motifs is 1. The SMILES string of the molecule is Cc1ccc(C=N[C@@H]2c3ccccc3C[C@@H]2CO)cc1. The molecule has 0 saturated heterocycles. The minimum atomic E-state index is 0.0810. The number of hydrogen-bond acceptors (Lipinski definition) is 2. The molecule has 0 heterocycles. The maximum atomic E-state index is 9.57. The Morgan fingerprint density at radius 1 is 1.15 bits per heavy atom. The zero-order chi connectivity index (χ0) is 13.9. The molecule has 20 heavy (non-hydrogen) atoms. The van der Waals surface area contributed by atoms with E-state index in [1.165, 1.54) is 16.7 Å². The predicted molar refractivity (Wildman–Crippen MR) is 82.2 cm³/mol. The van der Waals surface area contributed by atoms with E-state index in [9.17, 15) is 5.11 Å². The van der Waals surface area contributed by atoms with Gasteiger partial charge in [0.05, 0.1) is 6.04 Å². The molecule has 0 aromatic heterocycles. The van der Waals surface area contributed by atoms with E-state index in [2.05, 4.69) is 49.4 Å². The van der Waals surface area contributed by atoms with Gasteiger partial charge in [0.2, 0.25) is 0 Å². The van der Waals surface area contributed by atoms with E-state index in [-0.39, 0.29) is 18.6 Å². The lowest BCUT2D eigenvalue weighted by Crippen LogP contribution is -2.10. The summed E-state index contributed by atoms with van der Waals surface area (Å²) >= 11 is 0. The van der Waals surface area contributed by atoms with Crippen LogP contribution in [0.15, 0.2) is 53.5 Å². The molecule has 2 aromatic carbocycles. The number of aliphatic hydroxyl groups excluding tert-OH is 1. The second-order valence-corrected chi connectivity index (χ2v) is 5.48. The van der Waals surface area contributed by atoms with Crippen molar-refractivity contribution in [2.75, 3.05) is 6.61 Å². The summed E-state index contributed by atoms with van der Waals surface area (Å²) in [5.41, 5.74) is 4.94. The van der Waals surface area contributed by atoms with Crippen LogP contribution in [-0.2, 0) is 6.42 Å². The lowest BCUT2D eigenvalue weighted by molar-refractivity contribution is 0.214. The van der Waals surface area contributed by atoms with Crippen molar-refractivity contribution in [2.45, 2.75) is 19.4 Å². The van der Waals surface area contributed by atoms with Crippen molar-refractivity contribution in [3.63, 3.8) is 0 Å². The van der Waals surface area contributed by atoms with Gasteiger partial charge in [0.25, 0.3) is 0 Å². The zero-order valence-corrected chi connectivity index (χ0v) is 11.7. The van der Waals surface area contributed by atoms with Gasteiger partial charge in [0.15, 0.2) is 0 Å². The molecule has 102 valence electrons. The average molecular weight is 265 g/mol. The van der Waals surface area contributed by atoms with Gasteiger partial charge in [-0.15, -0.1) is 0 Å². The number of rotatable bonds is 3. The number of hydrogen-bond donors (Lipinski definition) is 1. The number of aliphatic imine (C=N–C) groups is 1. The molecule has 0 saturated carbocycles.